The largest absolute Gasteiger partial charge is 0.482 e. The summed E-state index contributed by atoms with van der Waals surface area (Å²) in [6, 6.07) is 7.82. The summed E-state index contributed by atoms with van der Waals surface area (Å²) in [7, 11) is 1.33. The number of ether oxygens (including phenoxy) is 2. The molecule has 0 spiro atoms. The van der Waals surface area contributed by atoms with Crippen molar-refractivity contribution in [3.8, 4) is 5.75 Å². The molecule has 1 atom stereocenters. The molecule has 0 aliphatic carbocycles. The summed E-state index contributed by atoms with van der Waals surface area (Å²) in [5.74, 6) is 0.939. The van der Waals surface area contributed by atoms with Gasteiger partial charge in [0, 0.05) is 11.4 Å². The van der Waals surface area contributed by atoms with Gasteiger partial charge in [0.15, 0.2) is 17.1 Å². The Morgan fingerprint density at radius 2 is 1.97 bits per heavy atom. The fraction of sp³-hybridized carbons (Fsp3) is 0.417. The molecule has 8 nitrogen and oxygen atoms in total. The van der Waals surface area contributed by atoms with E-state index in [2.05, 4.69) is 21.6 Å². The number of hydrogen-bond donors (Lipinski definition) is 1. The normalized spacial score (nSPS) is 11.8. The molecule has 0 saturated heterocycles. The first-order valence-electron chi connectivity index (χ1n) is 11.1. The number of aromatic nitrogens is 3. The van der Waals surface area contributed by atoms with Crippen LogP contribution in [0.3, 0.4) is 0 Å². The highest BCUT2D eigenvalue weighted by Gasteiger charge is 2.21. The van der Waals surface area contributed by atoms with E-state index in [-0.39, 0.29) is 17.8 Å². The minimum absolute atomic E-state index is 0.129. The summed E-state index contributed by atoms with van der Waals surface area (Å²) < 4.78 is 12.9. The first-order chi connectivity index (χ1) is 16.3. The van der Waals surface area contributed by atoms with Crippen LogP contribution in [0.25, 0.3) is 0 Å². The van der Waals surface area contributed by atoms with Crippen molar-refractivity contribution < 1.29 is 19.1 Å². The number of carbonyl (C=O) groups excluding carboxylic acids is 2. The van der Waals surface area contributed by atoms with Crippen molar-refractivity contribution in [2.24, 2.45) is 0 Å². The maximum Gasteiger partial charge on any atom is 0.340 e. The van der Waals surface area contributed by atoms with Crippen LogP contribution in [-0.4, -0.2) is 39.5 Å². The van der Waals surface area contributed by atoms with E-state index in [4.69, 9.17) is 9.47 Å². The van der Waals surface area contributed by atoms with Gasteiger partial charge in [0.2, 0.25) is 5.91 Å². The molecule has 3 rings (SSSR count). The molecule has 0 aliphatic rings. The highest BCUT2D eigenvalue weighted by Crippen LogP contribution is 2.30. The van der Waals surface area contributed by atoms with Crippen molar-refractivity contribution in [3.63, 3.8) is 0 Å². The third-order valence-electron chi connectivity index (χ3n) is 5.18. The van der Waals surface area contributed by atoms with Gasteiger partial charge in [-0.25, -0.2) is 4.79 Å². The second-order valence-corrected chi connectivity index (χ2v) is 9.83. The van der Waals surface area contributed by atoms with E-state index >= 15 is 0 Å². The zero-order valence-corrected chi connectivity index (χ0v) is 21.9. The van der Waals surface area contributed by atoms with Crippen LogP contribution in [0.4, 0.5) is 5.00 Å². The van der Waals surface area contributed by atoms with Crippen molar-refractivity contribution in [1.29, 1.82) is 0 Å². The molecular formula is C24H30N4O4S2. The Balaban J connectivity index is 1.67. The number of esters is 1. The van der Waals surface area contributed by atoms with Crippen LogP contribution < -0.4 is 10.1 Å². The Morgan fingerprint density at radius 1 is 1.21 bits per heavy atom. The molecule has 182 valence electrons. The van der Waals surface area contributed by atoms with E-state index in [1.807, 2.05) is 51.3 Å². The molecule has 0 fully saturated rings. The van der Waals surface area contributed by atoms with Crippen LogP contribution in [0.1, 0.15) is 59.1 Å². The molecule has 2 heterocycles. The Hall–Kier alpha value is -2.85. The summed E-state index contributed by atoms with van der Waals surface area (Å²) >= 11 is 2.67. The number of anilines is 1. The third kappa shape index (κ3) is 5.98. The molecule has 0 bridgehead atoms. The van der Waals surface area contributed by atoms with Crippen molar-refractivity contribution >= 4 is 40.0 Å². The molecule has 0 aliphatic heterocycles. The predicted octanol–water partition coefficient (Wildman–Crippen LogP) is 5.20. The number of thioether (sulfide) groups is 1. The fourth-order valence-electron chi connectivity index (χ4n) is 3.44. The number of nitrogens with one attached hydrogen (secondary N) is 1. The van der Waals surface area contributed by atoms with Crippen molar-refractivity contribution in [3.05, 3.63) is 51.7 Å². The molecule has 1 unspecified atom stereocenters. The molecule has 34 heavy (non-hydrogen) atoms. The Bertz CT molecular complexity index is 1170. The standard InChI is InChI=1S/C24H30N4O4S2/c1-7-17-12-18(23(30)31-6)22(34-17)25-20(29)13-33-24-27-26-21(28(24)8-2)16(5)32-19-10-9-14(3)11-15(19)4/h9-12,16H,7-8,13H2,1-6H3,(H,25,29). The number of nitrogens with zero attached hydrogens (tertiary/aromatic N) is 3. The summed E-state index contributed by atoms with van der Waals surface area (Å²) in [4.78, 5) is 25.7. The van der Waals surface area contributed by atoms with Crippen molar-refractivity contribution in [2.45, 2.75) is 58.8 Å². The summed E-state index contributed by atoms with van der Waals surface area (Å²) in [6.45, 7) is 10.6. The number of thiophene rings is 1. The van der Waals surface area contributed by atoms with Gasteiger partial charge in [-0.15, -0.1) is 21.5 Å². The maximum atomic E-state index is 12.6. The summed E-state index contributed by atoms with van der Waals surface area (Å²) in [6.07, 6.45) is 0.461. The molecule has 0 saturated carbocycles. The van der Waals surface area contributed by atoms with Crippen LogP contribution in [0.2, 0.25) is 0 Å². The van der Waals surface area contributed by atoms with Gasteiger partial charge >= 0.3 is 5.97 Å². The van der Waals surface area contributed by atoms with Crippen LogP contribution in [0.15, 0.2) is 29.4 Å². The van der Waals surface area contributed by atoms with E-state index in [1.165, 1.54) is 35.8 Å². The van der Waals surface area contributed by atoms with Gasteiger partial charge in [-0.05, 0) is 51.8 Å². The smallest absolute Gasteiger partial charge is 0.340 e. The lowest BCUT2D eigenvalue weighted by Crippen LogP contribution is -2.16. The fourth-order valence-corrected chi connectivity index (χ4v) is 5.25. The minimum atomic E-state index is -0.466. The molecule has 1 aromatic carbocycles. The van der Waals surface area contributed by atoms with Gasteiger partial charge in [0.25, 0.3) is 0 Å². The molecule has 2 aromatic heterocycles. The van der Waals surface area contributed by atoms with E-state index in [1.54, 1.807) is 6.07 Å². The summed E-state index contributed by atoms with van der Waals surface area (Å²) in [5.41, 5.74) is 2.62. The number of methoxy groups -OCH3 is 1. The van der Waals surface area contributed by atoms with Crippen molar-refractivity contribution in [2.75, 3.05) is 18.2 Å². The molecule has 10 heteroatoms. The number of rotatable bonds is 10. The average Bonchev–Trinajstić information content (AvgIpc) is 3.42. The lowest BCUT2D eigenvalue weighted by atomic mass is 10.1. The first-order valence-corrected chi connectivity index (χ1v) is 12.9. The number of carbonyl (C=O) groups is 2. The monoisotopic (exact) mass is 502 g/mol. The van der Waals surface area contributed by atoms with Gasteiger partial charge < -0.3 is 19.4 Å². The topological polar surface area (TPSA) is 95.3 Å². The lowest BCUT2D eigenvalue weighted by molar-refractivity contribution is -0.113. The molecule has 3 aromatic rings. The molecular weight excluding hydrogens is 472 g/mol. The van der Waals surface area contributed by atoms with Crippen LogP contribution in [0, 0.1) is 13.8 Å². The van der Waals surface area contributed by atoms with Crippen molar-refractivity contribution in [1.82, 2.24) is 14.8 Å². The second kappa shape index (κ2) is 11.5. The Morgan fingerprint density at radius 3 is 2.62 bits per heavy atom. The lowest BCUT2D eigenvalue weighted by Gasteiger charge is -2.17. The van der Waals surface area contributed by atoms with Gasteiger partial charge in [0.1, 0.15) is 10.8 Å². The van der Waals surface area contributed by atoms with Gasteiger partial charge in [0.05, 0.1) is 18.4 Å². The Kier molecular flexibility index (Phi) is 8.73. The number of hydrogen-bond acceptors (Lipinski definition) is 8. The Labute approximate surface area is 208 Å². The first kappa shape index (κ1) is 25.8. The highest BCUT2D eigenvalue weighted by molar-refractivity contribution is 7.99. The summed E-state index contributed by atoms with van der Waals surface area (Å²) in [5, 5.41) is 12.6. The van der Waals surface area contributed by atoms with Crippen LogP contribution in [0.5, 0.6) is 5.75 Å². The molecule has 1 N–H and O–H groups in total. The van der Waals surface area contributed by atoms with Gasteiger partial charge in [-0.1, -0.05) is 36.4 Å². The van der Waals surface area contributed by atoms with Gasteiger partial charge in [-0.3, -0.25) is 4.79 Å². The quantitative estimate of drug-likeness (QED) is 0.301. The van der Waals surface area contributed by atoms with Crippen LogP contribution in [-0.2, 0) is 22.5 Å². The van der Waals surface area contributed by atoms with E-state index in [0.29, 0.717) is 28.1 Å². The second-order valence-electron chi connectivity index (χ2n) is 7.75. The van der Waals surface area contributed by atoms with E-state index < -0.39 is 5.97 Å². The zero-order chi connectivity index (χ0) is 24.8. The molecule has 0 radical (unpaired) electrons. The number of amides is 1. The van der Waals surface area contributed by atoms with E-state index in [0.717, 1.165) is 22.6 Å². The molecule has 1 amide bonds. The van der Waals surface area contributed by atoms with E-state index in [9.17, 15) is 9.59 Å². The average molecular weight is 503 g/mol. The highest BCUT2D eigenvalue weighted by atomic mass is 32.2. The van der Waals surface area contributed by atoms with Crippen LogP contribution >= 0.6 is 23.1 Å². The number of aryl methyl sites for hydroxylation is 3. The third-order valence-corrected chi connectivity index (χ3v) is 7.34. The SMILES string of the molecule is CCc1cc(C(=O)OC)c(NC(=O)CSc2nnc(C(C)Oc3ccc(C)cc3C)n2CC)s1. The maximum absolute atomic E-state index is 12.6. The minimum Gasteiger partial charge on any atom is -0.482 e. The van der Waals surface area contributed by atoms with Gasteiger partial charge in [-0.2, -0.15) is 0 Å². The zero-order valence-electron chi connectivity index (χ0n) is 20.3. The predicted molar refractivity (Wildman–Crippen MR) is 135 cm³/mol. The number of benzene rings is 1.